The second-order valence-electron chi connectivity index (χ2n) is 4.84. The number of hydrogen-bond acceptors (Lipinski definition) is 7. The lowest BCUT2D eigenvalue weighted by Crippen LogP contribution is -2.37. The van der Waals surface area contributed by atoms with Crippen molar-refractivity contribution < 1.29 is 4.79 Å². The molecule has 0 radical (unpaired) electrons. The van der Waals surface area contributed by atoms with Crippen LogP contribution in [-0.4, -0.2) is 35.2 Å². The van der Waals surface area contributed by atoms with Gasteiger partial charge in [-0.3, -0.25) is 4.79 Å². The topological polar surface area (TPSA) is 110 Å². The van der Waals surface area contributed by atoms with Gasteiger partial charge in [-0.05, 0) is 19.6 Å². The average molecular weight is 282 g/mol. The Hall–Kier alpha value is -1.54. The van der Waals surface area contributed by atoms with E-state index in [9.17, 15) is 4.79 Å². The molecule has 1 saturated heterocycles. The molecule has 1 amide bonds. The summed E-state index contributed by atoms with van der Waals surface area (Å²) in [5.74, 6) is 6.45. The van der Waals surface area contributed by atoms with Gasteiger partial charge in [0, 0.05) is 19.2 Å². The molecule has 8 heteroatoms. The molecule has 0 aromatic carbocycles. The molecule has 19 heavy (non-hydrogen) atoms. The van der Waals surface area contributed by atoms with Gasteiger partial charge in [0.15, 0.2) is 5.16 Å². The van der Waals surface area contributed by atoms with E-state index in [1.165, 1.54) is 11.8 Å². The van der Waals surface area contributed by atoms with Crippen molar-refractivity contribution in [1.82, 2.24) is 9.97 Å². The van der Waals surface area contributed by atoms with Crippen LogP contribution in [0.25, 0.3) is 0 Å². The van der Waals surface area contributed by atoms with Gasteiger partial charge in [-0.15, -0.1) is 0 Å². The molecular weight excluding hydrogens is 264 g/mol. The number of carbonyl (C=O) groups is 1. The third-order valence-corrected chi connectivity index (χ3v) is 3.96. The van der Waals surface area contributed by atoms with Crippen molar-refractivity contribution in [3.63, 3.8) is 0 Å². The van der Waals surface area contributed by atoms with Crippen molar-refractivity contribution in [2.45, 2.75) is 18.5 Å². The quantitative estimate of drug-likeness (QED) is 0.313. The van der Waals surface area contributed by atoms with E-state index in [0.29, 0.717) is 17.5 Å². The lowest BCUT2D eigenvalue weighted by atomic mass is 9.89. The Morgan fingerprint density at radius 1 is 1.58 bits per heavy atom. The molecule has 0 saturated carbocycles. The van der Waals surface area contributed by atoms with E-state index >= 15 is 0 Å². The van der Waals surface area contributed by atoms with Crippen molar-refractivity contribution in [2.75, 3.05) is 29.7 Å². The van der Waals surface area contributed by atoms with Crippen LogP contribution >= 0.6 is 11.8 Å². The van der Waals surface area contributed by atoms with Crippen molar-refractivity contribution in [3.05, 3.63) is 6.07 Å². The van der Waals surface area contributed by atoms with Crippen LogP contribution in [0.5, 0.6) is 0 Å². The van der Waals surface area contributed by atoms with E-state index < -0.39 is 5.41 Å². The van der Waals surface area contributed by atoms with Crippen molar-refractivity contribution in [1.29, 1.82) is 0 Å². The number of hydrazine groups is 1. The summed E-state index contributed by atoms with van der Waals surface area (Å²) in [5, 5.41) is 0.637. The second kappa shape index (κ2) is 5.22. The first-order valence-electron chi connectivity index (χ1n) is 5.93. The van der Waals surface area contributed by atoms with Crippen LogP contribution in [0.4, 0.5) is 11.6 Å². The summed E-state index contributed by atoms with van der Waals surface area (Å²) >= 11 is 1.44. The first kappa shape index (κ1) is 13.9. The summed E-state index contributed by atoms with van der Waals surface area (Å²) in [6.07, 6.45) is 2.63. The molecule has 1 atom stereocenters. The highest BCUT2D eigenvalue weighted by Crippen LogP contribution is 2.33. The van der Waals surface area contributed by atoms with Crippen LogP contribution in [0.1, 0.15) is 13.3 Å². The largest absolute Gasteiger partial charge is 0.369 e. The maximum absolute atomic E-state index is 11.5. The fraction of sp³-hybridized carbons (Fsp3) is 0.545. The van der Waals surface area contributed by atoms with Crippen LogP contribution in [-0.2, 0) is 4.79 Å². The molecule has 0 spiro atoms. The smallest absolute Gasteiger partial charge is 0.225 e. The maximum atomic E-state index is 11.5. The Balaban J connectivity index is 2.26. The van der Waals surface area contributed by atoms with Crippen LogP contribution < -0.4 is 21.9 Å². The fourth-order valence-corrected chi connectivity index (χ4v) is 2.47. The van der Waals surface area contributed by atoms with Gasteiger partial charge in [-0.1, -0.05) is 11.8 Å². The van der Waals surface area contributed by atoms with Crippen LogP contribution in [0.15, 0.2) is 11.2 Å². The number of anilines is 2. The minimum absolute atomic E-state index is 0.272. The Kier molecular flexibility index (Phi) is 3.81. The molecule has 2 rings (SSSR count). The molecule has 2 heterocycles. The number of carbonyl (C=O) groups excluding carboxylic acids is 1. The number of amides is 1. The number of aromatic nitrogens is 2. The Labute approximate surface area is 116 Å². The predicted octanol–water partition coefficient (Wildman–Crippen LogP) is 0.186. The maximum Gasteiger partial charge on any atom is 0.225 e. The van der Waals surface area contributed by atoms with Gasteiger partial charge >= 0.3 is 0 Å². The number of nitrogens with zero attached hydrogens (tertiary/aromatic N) is 3. The van der Waals surface area contributed by atoms with Gasteiger partial charge in [-0.2, -0.15) is 0 Å². The SMILES string of the molecule is CSc1nc(NN)cc(N2CCC(C)(C(N)=O)C2)n1. The normalized spacial score (nSPS) is 22.6. The number of thioether (sulfide) groups is 1. The summed E-state index contributed by atoms with van der Waals surface area (Å²) in [7, 11) is 0. The number of nitrogens with two attached hydrogens (primary N) is 2. The van der Waals surface area contributed by atoms with E-state index in [-0.39, 0.29) is 5.91 Å². The van der Waals surface area contributed by atoms with E-state index in [1.54, 1.807) is 6.07 Å². The highest BCUT2D eigenvalue weighted by Gasteiger charge is 2.39. The molecule has 5 N–H and O–H groups in total. The third kappa shape index (κ3) is 2.74. The highest BCUT2D eigenvalue weighted by molar-refractivity contribution is 7.98. The molecule has 1 fully saturated rings. The Bertz CT molecular complexity index is 474. The standard InChI is InChI=1S/C11H18N6OS/c1-11(9(12)18)3-4-17(6-11)8-5-7(16-13)14-10(15-8)19-2/h5H,3-4,6,13H2,1-2H3,(H2,12,18)(H,14,15,16). The van der Waals surface area contributed by atoms with Crippen molar-refractivity contribution >= 4 is 29.3 Å². The summed E-state index contributed by atoms with van der Waals surface area (Å²) in [6.45, 7) is 3.19. The number of nitrogens with one attached hydrogen (secondary N) is 1. The molecule has 0 aliphatic carbocycles. The molecule has 1 aromatic heterocycles. The summed E-state index contributed by atoms with van der Waals surface area (Å²) in [4.78, 5) is 22.2. The monoisotopic (exact) mass is 282 g/mol. The first-order chi connectivity index (χ1) is 8.98. The molecule has 7 nitrogen and oxygen atoms in total. The van der Waals surface area contributed by atoms with Gasteiger partial charge in [0.2, 0.25) is 5.91 Å². The number of rotatable bonds is 4. The van der Waals surface area contributed by atoms with Crippen molar-refractivity contribution in [2.24, 2.45) is 17.0 Å². The molecule has 104 valence electrons. The van der Waals surface area contributed by atoms with Crippen molar-refractivity contribution in [3.8, 4) is 0 Å². The molecule has 1 aromatic rings. The molecule has 1 aliphatic rings. The van der Waals surface area contributed by atoms with Gasteiger partial charge in [0.05, 0.1) is 5.41 Å². The zero-order chi connectivity index (χ0) is 14.0. The average Bonchev–Trinajstić information content (AvgIpc) is 2.82. The lowest BCUT2D eigenvalue weighted by molar-refractivity contribution is -0.125. The van der Waals surface area contributed by atoms with Crippen LogP contribution in [0.2, 0.25) is 0 Å². The van der Waals surface area contributed by atoms with Crippen LogP contribution in [0, 0.1) is 5.41 Å². The summed E-state index contributed by atoms with van der Waals surface area (Å²) in [5.41, 5.74) is 7.48. The molecule has 1 aliphatic heterocycles. The first-order valence-corrected chi connectivity index (χ1v) is 7.15. The highest BCUT2D eigenvalue weighted by atomic mass is 32.2. The fourth-order valence-electron chi connectivity index (χ4n) is 2.10. The minimum Gasteiger partial charge on any atom is -0.369 e. The van der Waals surface area contributed by atoms with E-state index in [0.717, 1.165) is 18.8 Å². The van der Waals surface area contributed by atoms with Gasteiger partial charge < -0.3 is 16.1 Å². The number of nitrogen functional groups attached to an aromatic ring is 1. The second-order valence-corrected chi connectivity index (χ2v) is 5.61. The van der Waals surface area contributed by atoms with E-state index in [2.05, 4.69) is 15.4 Å². The zero-order valence-corrected chi connectivity index (χ0v) is 11.8. The Morgan fingerprint density at radius 3 is 2.84 bits per heavy atom. The third-order valence-electron chi connectivity index (χ3n) is 3.41. The van der Waals surface area contributed by atoms with Gasteiger partial charge in [0.1, 0.15) is 11.6 Å². The summed E-state index contributed by atoms with van der Waals surface area (Å²) < 4.78 is 0. The van der Waals surface area contributed by atoms with Gasteiger partial charge in [0.25, 0.3) is 0 Å². The Morgan fingerprint density at radius 2 is 2.32 bits per heavy atom. The molecule has 0 bridgehead atoms. The minimum atomic E-state index is -0.499. The number of primary amides is 1. The van der Waals surface area contributed by atoms with E-state index in [4.69, 9.17) is 11.6 Å². The number of hydrogen-bond donors (Lipinski definition) is 3. The lowest BCUT2D eigenvalue weighted by Gasteiger charge is -2.22. The molecule has 1 unspecified atom stereocenters. The van der Waals surface area contributed by atoms with Gasteiger partial charge in [-0.25, -0.2) is 15.8 Å². The van der Waals surface area contributed by atoms with E-state index in [1.807, 2.05) is 18.1 Å². The predicted molar refractivity (Wildman–Crippen MR) is 75.8 cm³/mol. The zero-order valence-electron chi connectivity index (χ0n) is 11.0. The summed E-state index contributed by atoms with van der Waals surface area (Å²) in [6, 6.07) is 1.77. The molecular formula is C11H18N6OS. The van der Waals surface area contributed by atoms with Crippen LogP contribution in [0.3, 0.4) is 0 Å².